The van der Waals surface area contributed by atoms with Gasteiger partial charge in [0, 0.05) is 13.2 Å². The van der Waals surface area contributed by atoms with Crippen LogP contribution in [0.4, 0.5) is 4.79 Å². The van der Waals surface area contributed by atoms with Crippen LogP contribution >= 0.6 is 0 Å². The van der Waals surface area contributed by atoms with E-state index >= 15 is 0 Å². The summed E-state index contributed by atoms with van der Waals surface area (Å²) in [7, 11) is 0. The van der Waals surface area contributed by atoms with Crippen molar-refractivity contribution in [3.8, 4) is 0 Å². The van der Waals surface area contributed by atoms with E-state index in [9.17, 15) is 20.1 Å². The minimum atomic E-state index is -0.820. The number of hydrogen-bond acceptors (Lipinski definition) is 5. The van der Waals surface area contributed by atoms with E-state index in [1.165, 1.54) is 0 Å². The first kappa shape index (κ1) is 24.1. The van der Waals surface area contributed by atoms with Gasteiger partial charge in [0.25, 0.3) is 0 Å². The Labute approximate surface area is 153 Å². The molecule has 4 N–H and O–H groups in total. The van der Waals surface area contributed by atoms with Crippen molar-refractivity contribution in [3.05, 3.63) is 0 Å². The number of nitrogens with one attached hydrogen (secondary N) is 1. The fourth-order valence-corrected chi connectivity index (χ4v) is 2.69. The molecule has 0 saturated heterocycles. The van der Waals surface area contributed by atoms with E-state index in [0.717, 1.165) is 0 Å². The number of alkyl carbamates (subject to hydrolysis) is 1. The quantitative estimate of drug-likeness (QED) is 0.479. The van der Waals surface area contributed by atoms with E-state index in [1.54, 1.807) is 20.8 Å². The van der Waals surface area contributed by atoms with Crippen LogP contribution in [0.15, 0.2) is 0 Å². The van der Waals surface area contributed by atoms with Gasteiger partial charge in [0.05, 0.1) is 12.1 Å². The Kier molecular flexibility index (Phi) is 10.6. The molecular formula is C19H39NO5. The molecule has 0 aliphatic carbocycles. The van der Waals surface area contributed by atoms with Crippen molar-refractivity contribution < 1.29 is 24.9 Å². The first-order chi connectivity index (χ1) is 11.4. The third kappa shape index (κ3) is 10.0. The third-order valence-corrected chi connectivity index (χ3v) is 4.62. The van der Waals surface area contributed by atoms with Crippen molar-refractivity contribution in [1.29, 1.82) is 0 Å². The molecule has 0 fully saturated rings. The molecule has 0 aliphatic rings. The second-order valence-corrected chi connectivity index (χ2v) is 8.66. The number of hydrogen-bond donors (Lipinski definition) is 4. The van der Waals surface area contributed by atoms with Crippen molar-refractivity contribution in [2.24, 2.45) is 23.7 Å². The summed E-state index contributed by atoms with van der Waals surface area (Å²) in [4.78, 5) is 12.1. The Hall–Kier alpha value is -0.850. The van der Waals surface area contributed by atoms with Gasteiger partial charge in [0.1, 0.15) is 5.60 Å². The highest BCUT2D eigenvalue weighted by Crippen LogP contribution is 2.23. The molecule has 0 rings (SSSR count). The topological polar surface area (TPSA) is 99.0 Å². The molecule has 0 radical (unpaired) electrons. The summed E-state index contributed by atoms with van der Waals surface area (Å²) in [5.74, 6) is 0.352. The molecule has 0 aromatic heterocycles. The van der Waals surface area contributed by atoms with Gasteiger partial charge < -0.3 is 25.4 Å². The summed E-state index contributed by atoms with van der Waals surface area (Å²) >= 11 is 0. The molecule has 150 valence electrons. The fraction of sp³-hybridized carbons (Fsp3) is 0.947. The molecule has 0 aliphatic heterocycles. The molecule has 0 bridgehead atoms. The normalized spacial score (nSPS) is 17.3. The molecule has 6 heteroatoms. The van der Waals surface area contributed by atoms with Gasteiger partial charge in [-0.1, -0.05) is 27.7 Å². The Morgan fingerprint density at radius 1 is 0.960 bits per heavy atom. The van der Waals surface area contributed by atoms with Crippen LogP contribution in [-0.4, -0.2) is 52.4 Å². The smallest absolute Gasteiger partial charge is 0.407 e. The van der Waals surface area contributed by atoms with Crippen LogP contribution in [0.3, 0.4) is 0 Å². The lowest BCUT2D eigenvalue weighted by atomic mass is 9.84. The molecule has 25 heavy (non-hydrogen) atoms. The molecule has 0 spiro atoms. The first-order valence-corrected chi connectivity index (χ1v) is 9.30. The van der Waals surface area contributed by atoms with E-state index in [-0.39, 0.29) is 36.9 Å². The van der Waals surface area contributed by atoms with Crippen LogP contribution in [-0.2, 0) is 4.74 Å². The van der Waals surface area contributed by atoms with E-state index < -0.39 is 23.8 Å². The lowest BCUT2D eigenvalue weighted by Gasteiger charge is -2.32. The van der Waals surface area contributed by atoms with Gasteiger partial charge >= 0.3 is 6.09 Å². The van der Waals surface area contributed by atoms with E-state index in [2.05, 4.69) is 5.32 Å². The average Bonchev–Trinajstić information content (AvgIpc) is 2.45. The highest BCUT2D eigenvalue weighted by molar-refractivity contribution is 5.68. The van der Waals surface area contributed by atoms with Gasteiger partial charge in [-0.3, -0.25) is 0 Å². The molecule has 1 amide bonds. The maximum Gasteiger partial charge on any atom is 0.407 e. The van der Waals surface area contributed by atoms with Crippen LogP contribution in [0, 0.1) is 23.7 Å². The van der Waals surface area contributed by atoms with E-state index in [4.69, 9.17) is 4.74 Å². The van der Waals surface area contributed by atoms with Gasteiger partial charge in [0.2, 0.25) is 0 Å². The number of carbonyl (C=O) groups excluding carboxylic acids is 1. The van der Waals surface area contributed by atoms with Gasteiger partial charge in [-0.25, -0.2) is 4.79 Å². The molecule has 0 unspecified atom stereocenters. The number of ether oxygens (including phenoxy) is 1. The Morgan fingerprint density at radius 2 is 1.40 bits per heavy atom. The SMILES string of the molecule is CC(C)[C@@H](CO)C[C@H](NC(=O)OC(C)(C)C)[C@@H](O)C[C@H](CO)C(C)C. The van der Waals surface area contributed by atoms with Crippen LogP contribution in [0.2, 0.25) is 0 Å². The number of rotatable bonds is 10. The molecular weight excluding hydrogens is 322 g/mol. The zero-order chi connectivity index (χ0) is 19.8. The summed E-state index contributed by atoms with van der Waals surface area (Å²) in [6.45, 7) is 13.3. The van der Waals surface area contributed by atoms with Crippen LogP contribution in [0.5, 0.6) is 0 Å². The van der Waals surface area contributed by atoms with Crippen molar-refractivity contribution in [2.45, 2.75) is 79.1 Å². The summed E-state index contributed by atoms with van der Waals surface area (Å²) in [6.07, 6.45) is -0.572. The summed E-state index contributed by atoms with van der Waals surface area (Å²) in [5.41, 5.74) is -0.625. The van der Waals surface area contributed by atoms with Crippen molar-refractivity contribution in [2.75, 3.05) is 13.2 Å². The lowest BCUT2D eigenvalue weighted by Crippen LogP contribution is -2.48. The van der Waals surface area contributed by atoms with Crippen LogP contribution in [0.25, 0.3) is 0 Å². The average molecular weight is 362 g/mol. The van der Waals surface area contributed by atoms with Crippen molar-refractivity contribution in [1.82, 2.24) is 5.32 Å². The molecule has 0 saturated carbocycles. The maximum absolute atomic E-state index is 12.1. The number of aliphatic hydroxyl groups is 3. The fourth-order valence-electron chi connectivity index (χ4n) is 2.69. The van der Waals surface area contributed by atoms with E-state index in [0.29, 0.717) is 12.8 Å². The standard InChI is InChI=1S/C19H39NO5/c1-12(2)14(10-21)8-16(20-18(24)25-19(5,6)7)17(23)9-15(11-22)13(3)4/h12-17,21-23H,8-11H2,1-7H3,(H,20,24)/t14-,15-,16+,17+/m1/s1. The van der Waals surface area contributed by atoms with Crippen molar-refractivity contribution >= 4 is 6.09 Å². The predicted molar refractivity (Wildman–Crippen MR) is 99.2 cm³/mol. The van der Waals surface area contributed by atoms with Crippen LogP contribution in [0.1, 0.15) is 61.3 Å². The predicted octanol–water partition coefficient (Wildman–Crippen LogP) is 2.55. The van der Waals surface area contributed by atoms with Crippen LogP contribution < -0.4 is 5.32 Å². The Bertz CT molecular complexity index is 379. The van der Waals surface area contributed by atoms with Gasteiger partial charge in [0.15, 0.2) is 0 Å². The zero-order valence-electron chi connectivity index (χ0n) is 17.0. The summed E-state index contributed by atoms with van der Waals surface area (Å²) < 4.78 is 5.30. The highest BCUT2D eigenvalue weighted by Gasteiger charge is 2.30. The maximum atomic E-state index is 12.1. The Balaban J connectivity index is 5.13. The number of amides is 1. The molecule has 0 aromatic rings. The van der Waals surface area contributed by atoms with Gasteiger partial charge in [-0.05, 0) is 57.3 Å². The molecule has 0 heterocycles. The van der Waals surface area contributed by atoms with E-state index in [1.807, 2.05) is 27.7 Å². The second-order valence-electron chi connectivity index (χ2n) is 8.66. The highest BCUT2D eigenvalue weighted by atomic mass is 16.6. The minimum absolute atomic E-state index is 0.00943. The lowest BCUT2D eigenvalue weighted by molar-refractivity contribution is 0.0269. The van der Waals surface area contributed by atoms with Gasteiger partial charge in [-0.15, -0.1) is 0 Å². The summed E-state index contributed by atoms with van der Waals surface area (Å²) in [6, 6.07) is -0.540. The molecule has 0 aromatic carbocycles. The Morgan fingerprint density at radius 3 is 1.76 bits per heavy atom. The minimum Gasteiger partial charge on any atom is -0.444 e. The zero-order valence-corrected chi connectivity index (χ0v) is 17.0. The monoisotopic (exact) mass is 361 g/mol. The molecule has 4 atom stereocenters. The number of aliphatic hydroxyl groups excluding tert-OH is 3. The number of carbonyl (C=O) groups is 1. The summed E-state index contributed by atoms with van der Waals surface area (Å²) in [5, 5.41) is 32.5. The first-order valence-electron chi connectivity index (χ1n) is 9.30. The van der Waals surface area contributed by atoms with Gasteiger partial charge in [-0.2, -0.15) is 0 Å². The van der Waals surface area contributed by atoms with Crippen molar-refractivity contribution in [3.63, 3.8) is 0 Å². The second kappa shape index (κ2) is 11.0. The third-order valence-electron chi connectivity index (χ3n) is 4.62. The molecule has 6 nitrogen and oxygen atoms in total. The largest absolute Gasteiger partial charge is 0.444 e.